The molecule has 0 bridgehead atoms. The summed E-state index contributed by atoms with van der Waals surface area (Å²) in [7, 11) is 0. The summed E-state index contributed by atoms with van der Waals surface area (Å²) in [5, 5.41) is 2.35. The standard InChI is InChI=1S/C14H12N.Lr/c1-14(2)9-15-13-11-6-4-3-5-10(11)7-8-12(13)14;/h3-5,7-9H,1-2H3;/q-1;. The van der Waals surface area contributed by atoms with E-state index in [1.807, 2.05) is 18.3 Å². The summed E-state index contributed by atoms with van der Waals surface area (Å²) >= 11 is 0. The first-order valence-electron chi connectivity index (χ1n) is 5.18. The summed E-state index contributed by atoms with van der Waals surface area (Å²) in [5.41, 5.74) is 2.46. The van der Waals surface area contributed by atoms with E-state index in [2.05, 4.69) is 43.1 Å². The number of nitrogens with zero attached hydrogens (tertiary/aromatic N) is 1. The van der Waals surface area contributed by atoms with Gasteiger partial charge in [0.1, 0.15) is 0 Å². The maximum Gasteiger partial charge on any atom is 0.0175 e. The number of hydrogen-bond acceptors (Lipinski definition) is 1. The van der Waals surface area contributed by atoms with E-state index < -0.39 is 0 Å². The van der Waals surface area contributed by atoms with Crippen LogP contribution in [0.1, 0.15) is 19.4 Å². The molecule has 2 aromatic carbocycles. The molecule has 1 radical (unpaired) electrons. The predicted octanol–water partition coefficient (Wildman–Crippen LogP) is 3.63. The van der Waals surface area contributed by atoms with Crippen LogP contribution in [0, 0.1) is 6.07 Å². The second kappa shape index (κ2) is 2.93. The SMILES string of the molecule is CC1(C)C=Nc2c1ccc1ccc[c-]c21.[Lr]. The van der Waals surface area contributed by atoms with Gasteiger partial charge in [-0.3, -0.25) is 0 Å². The Balaban J connectivity index is 0.000000963. The topological polar surface area (TPSA) is 12.4 Å². The van der Waals surface area contributed by atoms with Crippen LogP contribution in [0.5, 0.6) is 0 Å². The average molecular weight is 456 g/mol. The maximum absolute atomic E-state index is 4.52. The summed E-state index contributed by atoms with van der Waals surface area (Å²) in [6.45, 7) is 4.38. The fraction of sp³-hybridized carbons (Fsp3) is 0.214. The third-order valence-electron chi connectivity index (χ3n) is 3.02. The van der Waals surface area contributed by atoms with Crippen LogP contribution in [0.3, 0.4) is 0 Å². The Morgan fingerprint density at radius 2 is 2.00 bits per heavy atom. The van der Waals surface area contributed by atoms with Crippen LogP contribution in [0.15, 0.2) is 35.3 Å². The van der Waals surface area contributed by atoms with E-state index in [1.165, 1.54) is 10.9 Å². The monoisotopic (exact) mass is 456 g/mol. The Morgan fingerprint density at radius 1 is 1.19 bits per heavy atom. The Labute approximate surface area is 89.5 Å². The van der Waals surface area contributed by atoms with Crippen molar-refractivity contribution in [2.75, 3.05) is 0 Å². The van der Waals surface area contributed by atoms with Gasteiger partial charge in [0.05, 0.1) is 0 Å². The van der Waals surface area contributed by atoms with Gasteiger partial charge in [0, 0.05) is 11.6 Å². The molecule has 0 fully saturated rings. The van der Waals surface area contributed by atoms with Crippen LogP contribution in [0.2, 0.25) is 0 Å². The molecule has 0 aromatic heterocycles. The molecule has 3 rings (SSSR count). The molecule has 0 spiro atoms. The molecule has 1 aliphatic rings. The first-order valence-corrected chi connectivity index (χ1v) is 5.18. The van der Waals surface area contributed by atoms with Gasteiger partial charge < -0.3 is 4.99 Å². The maximum atomic E-state index is 4.52. The zero-order valence-electron chi connectivity index (χ0n) is 9.17. The Morgan fingerprint density at radius 3 is 2.81 bits per heavy atom. The van der Waals surface area contributed by atoms with Gasteiger partial charge in [0.15, 0.2) is 0 Å². The van der Waals surface area contributed by atoms with Crippen molar-refractivity contribution < 1.29 is 0 Å². The van der Waals surface area contributed by atoms with Crippen LogP contribution in [0.4, 0.5) is 5.69 Å². The van der Waals surface area contributed by atoms with E-state index >= 15 is 0 Å². The number of benzene rings is 2. The molecule has 1 aliphatic heterocycles. The second-order valence-electron chi connectivity index (χ2n) is 4.58. The molecule has 16 heavy (non-hydrogen) atoms. The molecule has 0 unspecified atom stereocenters. The van der Waals surface area contributed by atoms with Crippen molar-refractivity contribution in [2.24, 2.45) is 4.99 Å². The number of hydrogen-bond donors (Lipinski definition) is 0. The smallest absolute Gasteiger partial charge is 0.0175 e. The Bertz CT molecular complexity index is 570. The van der Waals surface area contributed by atoms with Crippen LogP contribution in [-0.2, 0) is 5.41 Å². The average Bonchev–Trinajstić information content (AvgIpc) is 2.55. The fourth-order valence-corrected chi connectivity index (χ4v) is 2.13. The van der Waals surface area contributed by atoms with E-state index in [0.717, 1.165) is 11.1 Å². The van der Waals surface area contributed by atoms with Crippen LogP contribution in [-0.4, -0.2) is 6.21 Å². The zero-order chi connectivity index (χ0) is 10.5. The number of fused-ring (bicyclic) bond motifs is 3. The van der Waals surface area contributed by atoms with Crippen molar-refractivity contribution in [3.05, 3.63) is 42.0 Å². The van der Waals surface area contributed by atoms with Gasteiger partial charge in [0.2, 0.25) is 0 Å². The first kappa shape index (κ1) is 9.91. The predicted molar refractivity (Wildman–Crippen MR) is 64.0 cm³/mol. The molecule has 2 aromatic rings. The molecule has 0 saturated heterocycles. The zero-order valence-corrected chi connectivity index (χ0v) is 11.3. The molecule has 1 nitrogen and oxygen atoms in total. The van der Waals surface area contributed by atoms with Crippen molar-refractivity contribution in [2.45, 2.75) is 19.3 Å². The first-order chi connectivity index (χ1) is 7.18. The largest absolute Gasteiger partial charge is 0.308 e. The molecule has 0 aliphatic carbocycles. The van der Waals surface area contributed by atoms with Gasteiger partial charge in [0.25, 0.3) is 0 Å². The summed E-state index contributed by atoms with van der Waals surface area (Å²) < 4.78 is 0. The number of rotatable bonds is 0. The molecule has 0 amide bonds. The second-order valence-corrected chi connectivity index (χ2v) is 4.58. The van der Waals surface area contributed by atoms with E-state index in [-0.39, 0.29) is 5.41 Å². The van der Waals surface area contributed by atoms with Crippen LogP contribution >= 0.6 is 0 Å². The molecular weight excluding hydrogens is 444 g/mol. The molecule has 0 atom stereocenters. The van der Waals surface area contributed by atoms with Gasteiger partial charge >= 0.3 is 0 Å². The van der Waals surface area contributed by atoms with Crippen molar-refractivity contribution in [1.29, 1.82) is 0 Å². The van der Waals surface area contributed by atoms with Crippen LogP contribution < -0.4 is 0 Å². The molecule has 2 heteroatoms. The number of aliphatic imine (C=N–C) groups is 1. The quantitative estimate of drug-likeness (QED) is 0.538. The molecular formula is C14H12LrN-. The minimum absolute atomic E-state index is 0. The Hall–Kier alpha value is -2.63. The van der Waals surface area contributed by atoms with Gasteiger partial charge in [-0.25, -0.2) is 0 Å². The molecule has 0 N–H and O–H groups in total. The molecule has 1 heterocycles. The molecule has 89 valence electrons. The van der Waals surface area contributed by atoms with Gasteiger partial charge in [-0.1, -0.05) is 31.5 Å². The van der Waals surface area contributed by atoms with Gasteiger partial charge in [-0.05, 0) is 5.69 Å². The summed E-state index contributed by atoms with van der Waals surface area (Å²) in [5.74, 6) is 0. The normalized spacial score (nSPS) is 15.9. The minimum Gasteiger partial charge on any atom is -0.308 e. The summed E-state index contributed by atoms with van der Waals surface area (Å²) in [6.07, 6.45) is 2.03. The van der Waals surface area contributed by atoms with E-state index in [1.54, 1.807) is 0 Å². The van der Waals surface area contributed by atoms with E-state index in [4.69, 9.17) is 0 Å². The van der Waals surface area contributed by atoms with Crippen molar-refractivity contribution >= 4 is 22.7 Å². The fourth-order valence-electron chi connectivity index (χ4n) is 2.13. The van der Waals surface area contributed by atoms with Gasteiger partial charge in [-0.2, -0.15) is 0 Å². The molecule has 0 saturated carbocycles. The summed E-state index contributed by atoms with van der Waals surface area (Å²) in [6, 6.07) is 13.7. The third kappa shape index (κ3) is 1.10. The minimum atomic E-state index is 0. The van der Waals surface area contributed by atoms with Crippen molar-refractivity contribution in [1.82, 2.24) is 0 Å². The third-order valence-corrected chi connectivity index (χ3v) is 3.02. The van der Waals surface area contributed by atoms with Crippen LogP contribution in [0.25, 0.3) is 10.8 Å². The van der Waals surface area contributed by atoms with E-state index in [0.29, 0.717) is 0 Å². The van der Waals surface area contributed by atoms with Gasteiger partial charge in [-0.15, -0.1) is 35.0 Å². The van der Waals surface area contributed by atoms with E-state index in [9.17, 15) is 0 Å². The Kier molecular flexibility index (Phi) is 1.81. The van der Waals surface area contributed by atoms with Crippen molar-refractivity contribution in [3.63, 3.8) is 0 Å². The summed E-state index contributed by atoms with van der Waals surface area (Å²) in [4.78, 5) is 4.52. The van der Waals surface area contributed by atoms with Crippen molar-refractivity contribution in [3.8, 4) is 0 Å².